The minimum absolute atomic E-state index is 0.368. The summed E-state index contributed by atoms with van der Waals surface area (Å²) < 4.78 is 0. The van der Waals surface area contributed by atoms with E-state index in [9.17, 15) is 0 Å². The summed E-state index contributed by atoms with van der Waals surface area (Å²) >= 11 is -0.368. The van der Waals surface area contributed by atoms with Crippen LogP contribution in [0.3, 0.4) is 0 Å². The van der Waals surface area contributed by atoms with Gasteiger partial charge in [0.2, 0.25) is 0 Å². The van der Waals surface area contributed by atoms with Gasteiger partial charge in [0.1, 0.15) is 0 Å². The fraction of sp³-hybridized carbons (Fsp3) is 0. The first-order valence-electron chi connectivity index (χ1n) is 5.57. The van der Waals surface area contributed by atoms with Crippen molar-refractivity contribution in [3.8, 4) is 0 Å². The zero-order chi connectivity index (χ0) is 13.9. The molecule has 99 valence electrons. The molecule has 0 atom stereocenters. The van der Waals surface area contributed by atoms with E-state index in [0.717, 1.165) is 0 Å². The summed E-state index contributed by atoms with van der Waals surface area (Å²) in [6, 6.07) is 23.8. The molecule has 0 amide bonds. The van der Waals surface area contributed by atoms with E-state index < -0.39 is 0 Å². The third-order valence-corrected chi connectivity index (χ3v) is 2.32. The van der Waals surface area contributed by atoms with Crippen LogP contribution in [0.15, 0.2) is 72.8 Å². The van der Waals surface area contributed by atoms with Gasteiger partial charge >= 0.3 is 34.1 Å². The van der Waals surface area contributed by atoms with E-state index in [2.05, 4.69) is 42.5 Å². The molecule has 0 fully saturated rings. The fourth-order valence-electron chi connectivity index (χ4n) is 1.51. The first kappa shape index (κ1) is 16.1. The van der Waals surface area contributed by atoms with Crippen LogP contribution in [-0.4, -0.2) is 0 Å². The van der Waals surface area contributed by atoms with Crippen LogP contribution in [-0.2, 0) is 14.4 Å². The van der Waals surface area contributed by atoms with Crippen molar-refractivity contribution in [1.82, 2.24) is 0 Å². The Labute approximate surface area is 129 Å². The molecule has 0 aliphatic carbocycles. The molecule has 19 heavy (non-hydrogen) atoms. The Morgan fingerprint density at radius 3 is 1.95 bits per heavy atom. The normalized spacial score (nSPS) is 8.74. The van der Waals surface area contributed by atoms with Gasteiger partial charge < -0.3 is 5.73 Å². The first-order chi connectivity index (χ1) is 9.27. The summed E-state index contributed by atoms with van der Waals surface area (Å²) in [6.45, 7) is 0. The van der Waals surface area contributed by atoms with Gasteiger partial charge in [-0.05, 0) is 0 Å². The maximum atomic E-state index is 7.00. The van der Waals surface area contributed by atoms with Gasteiger partial charge in [-0.25, -0.2) is 0 Å². The third-order valence-electron chi connectivity index (χ3n) is 2.32. The van der Waals surface area contributed by atoms with Crippen LogP contribution in [0.1, 0.15) is 0 Å². The van der Waals surface area contributed by atoms with Crippen LogP contribution in [0, 0.1) is 0 Å². The molecule has 0 aliphatic heterocycles. The van der Waals surface area contributed by atoms with Crippen LogP contribution in [0.5, 0.6) is 0 Å². The Hall–Kier alpha value is -0.986. The summed E-state index contributed by atoms with van der Waals surface area (Å²) in [5.41, 5.74) is 7.57. The maximum absolute atomic E-state index is 7.00. The van der Waals surface area contributed by atoms with Gasteiger partial charge in [0.25, 0.3) is 0 Å². The van der Waals surface area contributed by atoms with Crippen LogP contribution < -0.4 is 0 Å². The van der Waals surface area contributed by atoms with Crippen LogP contribution >= 0.6 is 19.7 Å². The molecule has 1 N–H and O–H groups in total. The minimum Gasteiger partial charge on any atom is -0.699 e. The SMILES string of the molecule is [Cl][V][Cl].[NH-]c1ccccc1.c1ccc2[cH-]ccc2c1. The number of nitrogens with one attached hydrogen (secondary N) is 1. The number of halogens is 2. The van der Waals surface area contributed by atoms with E-state index in [4.69, 9.17) is 25.4 Å². The average molecular weight is 329 g/mol. The Kier molecular flexibility index (Phi) is 8.36. The van der Waals surface area contributed by atoms with Crippen molar-refractivity contribution in [3.63, 3.8) is 0 Å². The standard InChI is InChI=1S/C9H7.C6H6N.2ClH.V/c1-2-5-9-7-3-6-8(9)4-1;7-6-4-2-1-3-5-6;;;/h1-7H;1-5,7H;2*1H;/q2*-1;;;+2/p-2. The molecule has 0 saturated carbocycles. The van der Waals surface area contributed by atoms with Crippen molar-refractivity contribution in [2.45, 2.75) is 0 Å². The summed E-state index contributed by atoms with van der Waals surface area (Å²) in [5.74, 6) is 0. The number of rotatable bonds is 0. The Morgan fingerprint density at radius 1 is 0.842 bits per heavy atom. The second-order valence-corrected chi connectivity index (χ2v) is 5.89. The van der Waals surface area contributed by atoms with Gasteiger partial charge in [0.05, 0.1) is 0 Å². The van der Waals surface area contributed by atoms with Crippen molar-refractivity contribution < 1.29 is 14.4 Å². The molecule has 3 aromatic carbocycles. The van der Waals surface area contributed by atoms with Crippen LogP contribution in [0.4, 0.5) is 5.69 Å². The molecule has 0 saturated heterocycles. The Bertz CT molecular complexity index is 536. The largest absolute Gasteiger partial charge is 0.699 e. The summed E-state index contributed by atoms with van der Waals surface area (Å²) in [7, 11) is 9.72. The summed E-state index contributed by atoms with van der Waals surface area (Å²) in [5, 5.41) is 2.66. The third kappa shape index (κ3) is 6.65. The summed E-state index contributed by atoms with van der Waals surface area (Å²) in [6.07, 6.45) is 0. The average Bonchev–Trinajstić information content (AvgIpc) is 2.89. The van der Waals surface area contributed by atoms with Gasteiger partial charge in [0.15, 0.2) is 0 Å². The van der Waals surface area contributed by atoms with E-state index >= 15 is 0 Å². The second-order valence-electron chi connectivity index (χ2n) is 3.58. The number of hydrogen-bond acceptors (Lipinski definition) is 0. The van der Waals surface area contributed by atoms with Crippen LogP contribution in [0.25, 0.3) is 16.5 Å². The molecule has 4 heteroatoms. The van der Waals surface area contributed by atoms with Gasteiger partial charge in [-0.2, -0.15) is 17.5 Å². The predicted octanol–water partition coefficient (Wildman–Crippen LogP) is 6.31. The maximum Gasteiger partial charge on any atom is -0.0624 e. The molecule has 0 aromatic heterocycles. The molecular weight excluding hydrogens is 316 g/mol. The monoisotopic (exact) mass is 328 g/mol. The molecule has 0 bridgehead atoms. The molecule has 0 heterocycles. The smallest absolute Gasteiger partial charge is 0.0624 e. The topological polar surface area (TPSA) is 23.8 Å². The summed E-state index contributed by atoms with van der Waals surface area (Å²) in [4.78, 5) is 0. The van der Waals surface area contributed by atoms with Gasteiger partial charge in [-0.3, -0.25) is 0 Å². The quantitative estimate of drug-likeness (QED) is 0.432. The zero-order valence-corrected chi connectivity index (χ0v) is 13.0. The van der Waals surface area contributed by atoms with Crippen LogP contribution in [0.2, 0.25) is 0 Å². The number of hydrogen-bond donors (Lipinski definition) is 0. The zero-order valence-electron chi connectivity index (χ0n) is 10.1. The van der Waals surface area contributed by atoms with Gasteiger partial charge in [-0.1, -0.05) is 36.4 Å². The van der Waals surface area contributed by atoms with Gasteiger partial charge in [-0.15, -0.1) is 35.3 Å². The van der Waals surface area contributed by atoms with Crippen molar-refractivity contribution in [1.29, 1.82) is 0 Å². The van der Waals surface area contributed by atoms with E-state index in [1.807, 2.05) is 18.2 Å². The van der Waals surface area contributed by atoms with Crippen molar-refractivity contribution >= 4 is 36.2 Å². The predicted molar refractivity (Wildman–Crippen MR) is 81.7 cm³/mol. The van der Waals surface area contributed by atoms with Crippen molar-refractivity contribution in [3.05, 3.63) is 78.5 Å². The Morgan fingerprint density at radius 2 is 1.42 bits per heavy atom. The molecular formula is C15H13Cl2NV-2. The van der Waals surface area contributed by atoms with Crippen molar-refractivity contribution in [2.75, 3.05) is 0 Å². The fourth-order valence-corrected chi connectivity index (χ4v) is 1.51. The molecule has 3 rings (SSSR count). The first-order valence-corrected chi connectivity index (χ1v) is 9.41. The molecule has 0 radical (unpaired) electrons. The number of benzene rings is 2. The molecule has 0 aliphatic rings. The number of fused-ring (bicyclic) bond motifs is 1. The van der Waals surface area contributed by atoms with E-state index in [1.54, 1.807) is 12.1 Å². The second kappa shape index (κ2) is 9.88. The minimum atomic E-state index is -0.368. The van der Waals surface area contributed by atoms with E-state index in [1.165, 1.54) is 10.8 Å². The Balaban J connectivity index is 0.000000162. The molecule has 3 aromatic rings. The van der Waals surface area contributed by atoms with E-state index in [0.29, 0.717) is 5.69 Å². The molecule has 0 spiro atoms. The molecule has 1 nitrogen and oxygen atoms in total. The van der Waals surface area contributed by atoms with Gasteiger partial charge in [0, 0.05) is 0 Å². The van der Waals surface area contributed by atoms with Crippen molar-refractivity contribution in [2.24, 2.45) is 0 Å². The van der Waals surface area contributed by atoms with E-state index in [-0.39, 0.29) is 14.4 Å². The molecule has 0 unspecified atom stereocenters.